The van der Waals surface area contributed by atoms with Crippen molar-refractivity contribution in [2.45, 2.75) is 25.7 Å². The van der Waals surface area contributed by atoms with E-state index in [-0.39, 0.29) is 33.3 Å². The number of nitrogens with two attached hydrogens (primary N) is 1. The molecular weight excluding hydrogens is 509 g/mol. The van der Waals surface area contributed by atoms with Crippen molar-refractivity contribution in [3.05, 3.63) is 99.8 Å². The highest BCUT2D eigenvalue weighted by Gasteiger charge is 2.39. The lowest BCUT2D eigenvalue weighted by atomic mass is 9.79. The molecule has 0 fully saturated rings. The fourth-order valence-corrected chi connectivity index (χ4v) is 5.49. The average Bonchev–Trinajstić information content (AvgIpc) is 3.24. The Hall–Kier alpha value is -4.17. The molecule has 7 nitrogen and oxygen atoms in total. The number of hydrogen-bond acceptors (Lipinski definition) is 4. The van der Waals surface area contributed by atoms with Gasteiger partial charge in [0.25, 0.3) is 11.8 Å². The maximum atomic E-state index is 13.7. The molecule has 194 valence electrons. The predicted molar refractivity (Wildman–Crippen MR) is 144 cm³/mol. The normalized spacial score (nSPS) is 18.5. The highest BCUT2D eigenvalue weighted by molar-refractivity contribution is 6.34. The summed E-state index contributed by atoms with van der Waals surface area (Å²) in [7, 11) is 0. The van der Waals surface area contributed by atoms with E-state index in [4.69, 9.17) is 17.3 Å². The Balaban J connectivity index is 1.40. The van der Waals surface area contributed by atoms with Gasteiger partial charge in [0, 0.05) is 23.4 Å². The van der Waals surface area contributed by atoms with Gasteiger partial charge in [0.2, 0.25) is 0 Å². The Morgan fingerprint density at radius 1 is 1.05 bits per heavy atom. The zero-order chi connectivity index (χ0) is 27.0. The summed E-state index contributed by atoms with van der Waals surface area (Å²) < 4.78 is 13.6. The zero-order valence-corrected chi connectivity index (χ0v) is 21.1. The van der Waals surface area contributed by atoms with Gasteiger partial charge in [0.1, 0.15) is 5.82 Å². The summed E-state index contributed by atoms with van der Waals surface area (Å²) in [6, 6.07) is 15.7. The number of rotatable bonds is 4. The van der Waals surface area contributed by atoms with Crippen LogP contribution in [0.3, 0.4) is 0 Å². The highest BCUT2D eigenvalue weighted by atomic mass is 35.5. The number of halogens is 2. The molecule has 2 amide bonds. The first-order chi connectivity index (χ1) is 18.2. The lowest BCUT2D eigenvalue weighted by Gasteiger charge is -2.26. The molecule has 5 rings (SSSR count). The molecule has 38 heavy (non-hydrogen) atoms. The van der Waals surface area contributed by atoms with E-state index in [0.717, 1.165) is 29.8 Å². The molecule has 1 atom stereocenters. The van der Waals surface area contributed by atoms with Gasteiger partial charge in [-0.2, -0.15) is 0 Å². The van der Waals surface area contributed by atoms with Crippen LogP contribution < -0.4 is 16.0 Å². The van der Waals surface area contributed by atoms with Gasteiger partial charge in [0.15, 0.2) is 0 Å². The van der Waals surface area contributed by atoms with Gasteiger partial charge < -0.3 is 21.1 Å². The van der Waals surface area contributed by atoms with Gasteiger partial charge in [-0.25, -0.2) is 9.18 Å². The number of nitrogens with zero attached hydrogens (tertiary/aromatic N) is 1. The smallest absolute Gasteiger partial charge is 0.331 e. The van der Waals surface area contributed by atoms with Crippen molar-refractivity contribution in [1.29, 1.82) is 0 Å². The summed E-state index contributed by atoms with van der Waals surface area (Å²) >= 11 is 6.03. The fourth-order valence-electron chi connectivity index (χ4n) is 5.29. The van der Waals surface area contributed by atoms with E-state index in [0.29, 0.717) is 36.9 Å². The van der Waals surface area contributed by atoms with Gasteiger partial charge in [-0.05, 0) is 79.1 Å². The second-order valence-electron chi connectivity index (χ2n) is 9.73. The van der Waals surface area contributed by atoms with Crippen LogP contribution in [0.5, 0.6) is 0 Å². The monoisotopic (exact) mass is 533 g/mol. The van der Waals surface area contributed by atoms with Crippen molar-refractivity contribution in [1.82, 2.24) is 0 Å². The maximum absolute atomic E-state index is 13.7. The van der Waals surface area contributed by atoms with Crippen LogP contribution in [0.1, 0.15) is 45.5 Å². The van der Waals surface area contributed by atoms with E-state index < -0.39 is 17.7 Å². The summed E-state index contributed by atoms with van der Waals surface area (Å²) in [5.41, 5.74) is 8.79. The molecule has 0 radical (unpaired) electrons. The molecule has 0 unspecified atom stereocenters. The molecule has 3 aromatic rings. The molecule has 1 aliphatic heterocycles. The molecule has 1 heterocycles. The van der Waals surface area contributed by atoms with E-state index in [1.54, 1.807) is 11.0 Å². The van der Waals surface area contributed by atoms with E-state index in [1.807, 2.05) is 30.3 Å². The van der Waals surface area contributed by atoms with Crippen molar-refractivity contribution in [3.8, 4) is 0 Å². The summed E-state index contributed by atoms with van der Waals surface area (Å²) in [4.78, 5) is 39.6. The molecule has 2 aliphatic rings. The molecule has 0 aromatic heterocycles. The Labute approximate surface area is 223 Å². The quantitative estimate of drug-likeness (QED) is 0.372. The molecule has 1 spiro atoms. The van der Waals surface area contributed by atoms with Crippen molar-refractivity contribution < 1.29 is 23.9 Å². The largest absolute Gasteiger partial charge is 0.478 e. The maximum Gasteiger partial charge on any atom is 0.331 e. The Kier molecular flexibility index (Phi) is 6.67. The van der Waals surface area contributed by atoms with Crippen LogP contribution >= 0.6 is 11.6 Å². The molecular formula is C29H25ClFN3O4. The summed E-state index contributed by atoms with van der Waals surface area (Å²) in [5.74, 6) is -2.38. The third-order valence-electron chi connectivity index (χ3n) is 7.27. The van der Waals surface area contributed by atoms with Gasteiger partial charge in [-0.1, -0.05) is 35.9 Å². The fraction of sp³-hybridized carbons (Fsp3) is 0.207. The van der Waals surface area contributed by atoms with Crippen LogP contribution in [0.15, 0.2) is 72.3 Å². The molecule has 1 aliphatic carbocycles. The van der Waals surface area contributed by atoms with Crippen molar-refractivity contribution in [2.24, 2.45) is 5.41 Å². The minimum atomic E-state index is -0.894. The van der Waals surface area contributed by atoms with E-state index >= 15 is 0 Å². The second kappa shape index (κ2) is 9.95. The summed E-state index contributed by atoms with van der Waals surface area (Å²) in [6.07, 6.45) is 4.39. The molecule has 3 aromatic carbocycles. The van der Waals surface area contributed by atoms with Crippen LogP contribution in [0.25, 0.3) is 0 Å². The third-order valence-corrected chi connectivity index (χ3v) is 7.60. The van der Waals surface area contributed by atoms with E-state index in [9.17, 15) is 23.9 Å². The van der Waals surface area contributed by atoms with Crippen LogP contribution in [0, 0.1) is 11.2 Å². The Morgan fingerprint density at radius 2 is 1.84 bits per heavy atom. The predicted octanol–water partition coefficient (Wildman–Crippen LogP) is 5.70. The molecule has 0 saturated carbocycles. The first-order valence-electron chi connectivity index (χ1n) is 12.2. The number of aliphatic carboxylic acids is 1. The number of carbonyl (C=O) groups is 3. The minimum Gasteiger partial charge on any atom is -0.478 e. The number of fused-ring (bicyclic) bond motifs is 1. The topological polar surface area (TPSA) is 113 Å². The van der Waals surface area contributed by atoms with Crippen LogP contribution in [-0.4, -0.2) is 29.4 Å². The first-order valence-corrected chi connectivity index (χ1v) is 12.5. The standard InChI is InChI=1S/C29H25ClFN3O4/c30-22-7-6-20(31)14-21(22)26(35)33-24-8-5-17(13-23(24)32)27(36)34-12-11-29(10-9-19(16-29)28(37)38)15-18-3-1-2-4-25(18)34/h1-8,13-14,16H,9-12,15,32H2,(H,33,35)(H,37,38)/t29-/m0/s1. The number of amides is 2. The Bertz CT molecular complexity index is 1500. The number of carbonyl (C=O) groups excluding carboxylic acids is 2. The van der Waals surface area contributed by atoms with E-state index in [2.05, 4.69) is 5.32 Å². The number of benzene rings is 3. The molecule has 0 bridgehead atoms. The number of allylic oxidation sites excluding steroid dienone is 1. The number of nitrogen functional groups attached to an aromatic ring is 1. The van der Waals surface area contributed by atoms with Crippen molar-refractivity contribution in [2.75, 3.05) is 22.5 Å². The lowest BCUT2D eigenvalue weighted by molar-refractivity contribution is -0.132. The molecule has 4 N–H and O–H groups in total. The Morgan fingerprint density at radius 3 is 2.58 bits per heavy atom. The van der Waals surface area contributed by atoms with Crippen LogP contribution in [0.2, 0.25) is 5.02 Å². The number of para-hydroxylation sites is 1. The van der Waals surface area contributed by atoms with Gasteiger partial charge >= 0.3 is 5.97 Å². The summed E-state index contributed by atoms with van der Waals surface area (Å²) in [5, 5.41) is 12.2. The SMILES string of the molecule is Nc1cc(C(=O)N2CC[C@]3(C=C(C(=O)O)CC3)Cc3ccccc32)ccc1NC(=O)c1cc(F)ccc1Cl. The van der Waals surface area contributed by atoms with Crippen LogP contribution in [0.4, 0.5) is 21.5 Å². The summed E-state index contributed by atoms with van der Waals surface area (Å²) in [6.45, 7) is 0.412. The highest BCUT2D eigenvalue weighted by Crippen LogP contribution is 2.46. The number of nitrogens with one attached hydrogen (secondary N) is 1. The minimum absolute atomic E-state index is 0.0339. The number of carboxylic acids is 1. The van der Waals surface area contributed by atoms with Crippen LogP contribution in [-0.2, 0) is 11.2 Å². The average molecular weight is 534 g/mol. The van der Waals surface area contributed by atoms with E-state index in [1.165, 1.54) is 18.2 Å². The molecule has 0 saturated heterocycles. The number of hydrogen-bond donors (Lipinski definition) is 3. The van der Waals surface area contributed by atoms with Gasteiger partial charge in [-0.3, -0.25) is 9.59 Å². The lowest BCUT2D eigenvalue weighted by Crippen LogP contribution is -2.33. The zero-order valence-electron chi connectivity index (χ0n) is 20.3. The number of anilines is 3. The van der Waals surface area contributed by atoms with Gasteiger partial charge in [0.05, 0.1) is 22.0 Å². The van der Waals surface area contributed by atoms with Gasteiger partial charge in [-0.15, -0.1) is 0 Å². The molecule has 9 heteroatoms. The third kappa shape index (κ3) is 4.87. The number of carboxylic acid groups (broad SMARTS) is 1. The van der Waals surface area contributed by atoms with Crippen molar-refractivity contribution in [3.63, 3.8) is 0 Å². The first kappa shape index (κ1) is 25.5. The van der Waals surface area contributed by atoms with Crippen molar-refractivity contribution >= 4 is 46.4 Å². The second-order valence-corrected chi connectivity index (χ2v) is 10.1.